The largest absolute Gasteiger partial charge is 0.481 e. The van der Waals surface area contributed by atoms with Crippen molar-refractivity contribution in [3.05, 3.63) is 33.9 Å². The van der Waals surface area contributed by atoms with Gasteiger partial charge in [0.05, 0.1) is 16.4 Å². The van der Waals surface area contributed by atoms with Crippen LogP contribution in [0.2, 0.25) is 0 Å². The maximum atomic E-state index is 12.6. The Morgan fingerprint density at radius 2 is 2.00 bits per heavy atom. The monoisotopic (exact) mass is 319 g/mol. The zero-order valence-electron chi connectivity index (χ0n) is 12.3. The van der Waals surface area contributed by atoms with Gasteiger partial charge in [0.15, 0.2) is 0 Å². The van der Waals surface area contributed by atoms with Crippen molar-refractivity contribution in [3.8, 4) is 0 Å². The van der Waals surface area contributed by atoms with Gasteiger partial charge in [0.1, 0.15) is 5.69 Å². The number of anilines is 1. The summed E-state index contributed by atoms with van der Waals surface area (Å²) < 4.78 is 0. The molecule has 23 heavy (non-hydrogen) atoms. The van der Waals surface area contributed by atoms with Crippen LogP contribution in [0.15, 0.2) is 18.2 Å². The Kier molecular flexibility index (Phi) is 3.67. The Morgan fingerprint density at radius 1 is 1.30 bits per heavy atom. The van der Waals surface area contributed by atoms with Crippen LogP contribution in [0.25, 0.3) is 0 Å². The van der Waals surface area contributed by atoms with E-state index < -0.39 is 22.7 Å². The van der Waals surface area contributed by atoms with E-state index in [-0.39, 0.29) is 29.4 Å². The van der Waals surface area contributed by atoms with Crippen LogP contribution in [0, 0.1) is 27.9 Å². The van der Waals surface area contributed by atoms with Crippen molar-refractivity contribution in [1.29, 1.82) is 0 Å². The lowest BCUT2D eigenvalue weighted by atomic mass is 9.92. The molecule has 1 aromatic carbocycles. The Hall–Kier alpha value is -2.64. The Morgan fingerprint density at radius 3 is 2.57 bits per heavy atom. The van der Waals surface area contributed by atoms with Crippen molar-refractivity contribution >= 4 is 23.3 Å². The van der Waals surface area contributed by atoms with Crippen LogP contribution in [-0.2, 0) is 4.79 Å². The normalized spacial score (nSPS) is 23.7. The Bertz CT molecular complexity index is 686. The number of benzene rings is 1. The van der Waals surface area contributed by atoms with E-state index in [2.05, 4.69) is 0 Å². The predicted octanol–water partition coefficient (Wildman–Crippen LogP) is 1.36. The number of nitro groups is 1. The lowest BCUT2D eigenvalue weighted by molar-refractivity contribution is -0.383. The van der Waals surface area contributed by atoms with Gasteiger partial charge in [-0.3, -0.25) is 19.7 Å². The van der Waals surface area contributed by atoms with E-state index in [0.29, 0.717) is 12.5 Å². The third-order valence-corrected chi connectivity index (χ3v) is 4.71. The molecule has 0 unspecified atom stereocenters. The molecule has 0 aromatic heterocycles. The van der Waals surface area contributed by atoms with Crippen molar-refractivity contribution in [2.45, 2.75) is 12.8 Å². The molecule has 1 aromatic rings. The van der Waals surface area contributed by atoms with Gasteiger partial charge < -0.3 is 15.7 Å². The summed E-state index contributed by atoms with van der Waals surface area (Å²) in [5.74, 6) is -1.61. The average molecular weight is 319 g/mol. The number of hydrogen-bond donors (Lipinski definition) is 2. The molecular weight excluding hydrogens is 302 g/mol. The molecule has 1 saturated heterocycles. The lowest BCUT2D eigenvalue weighted by Crippen LogP contribution is -2.30. The zero-order valence-corrected chi connectivity index (χ0v) is 12.3. The number of rotatable bonds is 4. The van der Waals surface area contributed by atoms with Crippen LogP contribution < -0.4 is 5.73 Å². The molecule has 2 fully saturated rings. The molecule has 2 aliphatic rings. The number of likely N-dealkylation sites (tertiary alicyclic amines) is 1. The van der Waals surface area contributed by atoms with E-state index in [0.717, 1.165) is 12.8 Å². The number of aliphatic carboxylic acids is 1. The third kappa shape index (κ3) is 2.71. The highest BCUT2D eigenvalue weighted by Gasteiger charge is 2.47. The fraction of sp³-hybridized carbons (Fsp3) is 0.467. The van der Waals surface area contributed by atoms with Gasteiger partial charge in [0, 0.05) is 19.2 Å². The van der Waals surface area contributed by atoms with Crippen molar-refractivity contribution in [3.63, 3.8) is 0 Å². The van der Waals surface area contributed by atoms with Gasteiger partial charge in [-0.15, -0.1) is 0 Å². The maximum absolute atomic E-state index is 12.6. The fourth-order valence-electron chi connectivity index (χ4n) is 3.33. The van der Waals surface area contributed by atoms with E-state index >= 15 is 0 Å². The molecule has 0 spiro atoms. The molecule has 1 amide bonds. The number of carboxylic acids is 1. The summed E-state index contributed by atoms with van der Waals surface area (Å²) in [4.78, 5) is 35.8. The first-order chi connectivity index (χ1) is 10.9. The van der Waals surface area contributed by atoms with Crippen LogP contribution in [0.3, 0.4) is 0 Å². The summed E-state index contributed by atoms with van der Waals surface area (Å²) in [6, 6.07) is 4.08. The maximum Gasteiger partial charge on any atom is 0.308 e. The van der Waals surface area contributed by atoms with Crippen LogP contribution in [-0.4, -0.2) is 39.9 Å². The molecule has 8 nitrogen and oxygen atoms in total. The summed E-state index contributed by atoms with van der Waals surface area (Å²) in [6.07, 6.45) is 1.99. The van der Waals surface area contributed by atoms with Gasteiger partial charge >= 0.3 is 5.97 Å². The van der Waals surface area contributed by atoms with E-state index in [1.807, 2.05) is 0 Å². The molecule has 1 saturated carbocycles. The SMILES string of the molecule is Nc1c(C(=O)N2C[C@H](C(=O)O)[C@@H](C3CC3)C2)cccc1[N+](=O)[O-]. The van der Waals surface area contributed by atoms with Crippen LogP contribution in [0.1, 0.15) is 23.2 Å². The average Bonchev–Trinajstić information content (AvgIpc) is 3.24. The zero-order chi connectivity index (χ0) is 16.7. The highest BCUT2D eigenvalue weighted by atomic mass is 16.6. The predicted molar refractivity (Wildman–Crippen MR) is 80.8 cm³/mol. The number of amides is 1. The van der Waals surface area contributed by atoms with Crippen LogP contribution in [0.5, 0.6) is 0 Å². The van der Waals surface area contributed by atoms with E-state index in [9.17, 15) is 24.8 Å². The van der Waals surface area contributed by atoms with E-state index in [1.54, 1.807) is 0 Å². The molecule has 2 atom stereocenters. The van der Waals surface area contributed by atoms with E-state index in [4.69, 9.17) is 5.73 Å². The van der Waals surface area contributed by atoms with Gasteiger partial charge in [0.2, 0.25) is 0 Å². The Balaban J connectivity index is 1.85. The molecule has 3 N–H and O–H groups in total. The topological polar surface area (TPSA) is 127 Å². The number of para-hydroxylation sites is 1. The molecule has 0 radical (unpaired) electrons. The molecule has 3 rings (SSSR count). The molecule has 8 heteroatoms. The lowest BCUT2D eigenvalue weighted by Gasteiger charge is -2.17. The number of nitro benzene ring substituents is 1. The Labute approximate surface area is 132 Å². The smallest absolute Gasteiger partial charge is 0.308 e. The number of carboxylic acid groups (broad SMARTS) is 1. The molecule has 1 heterocycles. The number of carbonyl (C=O) groups excluding carboxylic acids is 1. The summed E-state index contributed by atoms with van der Waals surface area (Å²) in [5, 5.41) is 20.3. The number of carbonyl (C=O) groups is 2. The van der Waals surface area contributed by atoms with Gasteiger partial charge in [-0.1, -0.05) is 6.07 Å². The molecule has 1 aliphatic carbocycles. The quantitative estimate of drug-likeness (QED) is 0.490. The molecular formula is C15H17N3O5. The van der Waals surface area contributed by atoms with Crippen molar-refractivity contribution in [2.24, 2.45) is 17.8 Å². The first kappa shape index (κ1) is 15.3. The van der Waals surface area contributed by atoms with Gasteiger partial charge in [0.25, 0.3) is 11.6 Å². The first-order valence-corrected chi connectivity index (χ1v) is 7.45. The standard InChI is InChI=1S/C15H17N3O5/c16-13-9(2-1-3-12(13)18(22)23)14(19)17-6-10(8-4-5-8)11(7-17)15(20)21/h1-3,8,10-11H,4-7,16H2,(H,20,21)/t10-,11+/m1/s1. The van der Waals surface area contributed by atoms with Crippen molar-refractivity contribution in [2.75, 3.05) is 18.8 Å². The summed E-state index contributed by atoms with van der Waals surface area (Å²) in [6.45, 7) is 0.486. The second-order valence-electron chi connectivity index (χ2n) is 6.15. The summed E-state index contributed by atoms with van der Waals surface area (Å²) >= 11 is 0. The second-order valence-corrected chi connectivity index (χ2v) is 6.15. The van der Waals surface area contributed by atoms with Crippen LogP contribution in [0.4, 0.5) is 11.4 Å². The number of nitrogens with two attached hydrogens (primary N) is 1. The number of nitrogens with zero attached hydrogens (tertiary/aromatic N) is 2. The molecule has 0 bridgehead atoms. The van der Waals surface area contributed by atoms with Gasteiger partial charge in [-0.25, -0.2) is 0 Å². The fourth-order valence-corrected chi connectivity index (χ4v) is 3.33. The summed E-state index contributed by atoms with van der Waals surface area (Å²) in [7, 11) is 0. The molecule has 122 valence electrons. The molecule has 1 aliphatic heterocycles. The third-order valence-electron chi connectivity index (χ3n) is 4.71. The minimum Gasteiger partial charge on any atom is -0.481 e. The van der Waals surface area contributed by atoms with Gasteiger partial charge in [-0.05, 0) is 30.7 Å². The minimum absolute atomic E-state index is 0.0450. The second kappa shape index (κ2) is 5.53. The number of nitrogen functional groups attached to an aromatic ring is 1. The highest BCUT2D eigenvalue weighted by Crippen LogP contribution is 2.44. The minimum atomic E-state index is -0.899. The van der Waals surface area contributed by atoms with Crippen molar-refractivity contribution in [1.82, 2.24) is 4.90 Å². The van der Waals surface area contributed by atoms with Crippen molar-refractivity contribution < 1.29 is 19.6 Å². The van der Waals surface area contributed by atoms with Gasteiger partial charge in [-0.2, -0.15) is 0 Å². The van der Waals surface area contributed by atoms with E-state index in [1.165, 1.54) is 23.1 Å². The van der Waals surface area contributed by atoms with Crippen LogP contribution >= 0.6 is 0 Å². The number of hydrogen-bond acceptors (Lipinski definition) is 5. The first-order valence-electron chi connectivity index (χ1n) is 7.45. The highest BCUT2D eigenvalue weighted by molar-refractivity contribution is 6.01. The summed E-state index contributed by atoms with van der Waals surface area (Å²) in [5.41, 5.74) is 5.31.